The zero-order chi connectivity index (χ0) is 13.8. The van der Waals surface area contributed by atoms with Crippen LogP contribution >= 0.6 is 0 Å². The molecule has 0 spiro atoms. The summed E-state index contributed by atoms with van der Waals surface area (Å²) in [6.45, 7) is 0. The fourth-order valence-electron chi connectivity index (χ4n) is 1.96. The van der Waals surface area contributed by atoms with E-state index in [1.165, 1.54) is 0 Å². The van der Waals surface area contributed by atoms with Crippen molar-refractivity contribution in [2.24, 2.45) is 0 Å². The van der Waals surface area contributed by atoms with Crippen molar-refractivity contribution >= 4 is 5.69 Å². The van der Waals surface area contributed by atoms with Gasteiger partial charge in [-0.25, -0.2) is 0 Å². The van der Waals surface area contributed by atoms with Crippen LogP contribution in [0.25, 0.3) is 11.1 Å². The summed E-state index contributed by atoms with van der Waals surface area (Å²) in [5, 5.41) is 0. The third-order valence-electron chi connectivity index (χ3n) is 2.93. The number of ether oxygens (including phenoxy) is 1. The highest BCUT2D eigenvalue weighted by Gasteiger charge is 2.00. The summed E-state index contributed by atoms with van der Waals surface area (Å²) in [6.07, 6.45) is 3.43. The lowest BCUT2D eigenvalue weighted by Crippen LogP contribution is -1.88. The van der Waals surface area contributed by atoms with Crippen molar-refractivity contribution in [2.75, 3.05) is 5.73 Å². The molecule has 3 heteroatoms. The predicted molar refractivity (Wildman–Crippen MR) is 80.6 cm³/mol. The van der Waals surface area contributed by atoms with Gasteiger partial charge in [0.25, 0.3) is 0 Å². The lowest BCUT2D eigenvalue weighted by molar-refractivity contribution is 0.483. The number of benzene rings is 2. The normalized spacial score (nSPS) is 10.2. The highest BCUT2D eigenvalue weighted by molar-refractivity contribution is 5.66. The molecule has 1 aromatic heterocycles. The van der Waals surface area contributed by atoms with Crippen LogP contribution in [0, 0.1) is 0 Å². The van der Waals surface area contributed by atoms with Gasteiger partial charge in [0.15, 0.2) is 0 Å². The van der Waals surface area contributed by atoms with Crippen LogP contribution in [-0.4, -0.2) is 4.98 Å². The van der Waals surface area contributed by atoms with E-state index in [0.717, 1.165) is 22.6 Å². The number of nitrogens with zero attached hydrogens (tertiary/aromatic N) is 1. The number of rotatable bonds is 3. The van der Waals surface area contributed by atoms with E-state index < -0.39 is 0 Å². The second kappa shape index (κ2) is 5.45. The number of nitrogen functional groups attached to an aromatic ring is 1. The summed E-state index contributed by atoms with van der Waals surface area (Å²) < 4.78 is 5.75. The van der Waals surface area contributed by atoms with Crippen molar-refractivity contribution in [3.63, 3.8) is 0 Å². The number of hydrogen-bond acceptors (Lipinski definition) is 3. The summed E-state index contributed by atoms with van der Waals surface area (Å²) in [4.78, 5) is 4.09. The van der Waals surface area contributed by atoms with Gasteiger partial charge >= 0.3 is 0 Å². The molecule has 3 nitrogen and oxygen atoms in total. The van der Waals surface area contributed by atoms with Crippen molar-refractivity contribution in [2.45, 2.75) is 0 Å². The number of anilines is 1. The highest BCUT2D eigenvalue weighted by Crippen LogP contribution is 2.25. The van der Waals surface area contributed by atoms with Crippen LogP contribution in [0.15, 0.2) is 73.1 Å². The Morgan fingerprint density at radius 1 is 0.750 bits per heavy atom. The highest BCUT2D eigenvalue weighted by atomic mass is 16.5. The molecule has 2 aromatic carbocycles. The van der Waals surface area contributed by atoms with Crippen LogP contribution in [0.1, 0.15) is 0 Å². The molecule has 20 heavy (non-hydrogen) atoms. The first-order chi connectivity index (χ1) is 9.81. The van der Waals surface area contributed by atoms with E-state index in [2.05, 4.69) is 4.98 Å². The molecular formula is C17H14N2O. The van der Waals surface area contributed by atoms with Gasteiger partial charge in [0.05, 0.1) is 5.69 Å². The van der Waals surface area contributed by atoms with Crippen molar-refractivity contribution in [3.8, 4) is 22.6 Å². The fourth-order valence-corrected chi connectivity index (χ4v) is 1.96. The number of nitrogens with two attached hydrogens (primary N) is 1. The van der Waals surface area contributed by atoms with E-state index in [9.17, 15) is 0 Å². The van der Waals surface area contributed by atoms with E-state index in [0.29, 0.717) is 5.69 Å². The minimum atomic E-state index is 0.659. The number of aromatic nitrogens is 1. The zero-order valence-electron chi connectivity index (χ0n) is 10.9. The van der Waals surface area contributed by atoms with Gasteiger partial charge in [0.1, 0.15) is 11.5 Å². The SMILES string of the molecule is Nc1cncc(-c2ccc(Oc3ccccc3)cc2)c1. The minimum Gasteiger partial charge on any atom is -0.457 e. The van der Waals surface area contributed by atoms with Crippen LogP contribution < -0.4 is 10.5 Å². The molecule has 0 amide bonds. The van der Waals surface area contributed by atoms with Gasteiger partial charge in [-0.1, -0.05) is 30.3 Å². The van der Waals surface area contributed by atoms with E-state index >= 15 is 0 Å². The van der Waals surface area contributed by atoms with Crippen molar-refractivity contribution in [1.29, 1.82) is 0 Å². The summed E-state index contributed by atoms with van der Waals surface area (Å²) in [7, 11) is 0. The molecule has 3 rings (SSSR count). The first-order valence-electron chi connectivity index (χ1n) is 6.35. The van der Waals surface area contributed by atoms with Gasteiger partial charge in [-0.2, -0.15) is 0 Å². The van der Waals surface area contributed by atoms with Crippen LogP contribution in [0.4, 0.5) is 5.69 Å². The Kier molecular flexibility index (Phi) is 3.33. The van der Waals surface area contributed by atoms with Crippen LogP contribution in [0.2, 0.25) is 0 Å². The van der Waals surface area contributed by atoms with E-state index in [1.807, 2.05) is 60.7 Å². The molecule has 2 N–H and O–H groups in total. The smallest absolute Gasteiger partial charge is 0.127 e. The Balaban J connectivity index is 1.81. The van der Waals surface area contributed by atoms with Crippen molar-refractivity contribution in [1.82, 2.24) is 4.98 Å². The summed E-state index contributed by atoms with van der Waals surface area (Å²) in [5.41, 5.74) is 8.46. The van der Waals surface area contributed by atoms with Gasteiger partial charge < -0.3 is 10.5 Å². The third kappa shape index (κ3) is 2.78. The maximum atomic E-state index is 5.75. The van der Waals surface area contributed by atoms with Gasteiger partial charge in [-0.15, -0.1) is 0 Å². The van der Waals surface area contributed by atoms with Crippen LogP contribution in [-0.2, 0) is 0 Å². The standard InChI is InChI=1S/C17H14N2O/c18-15-10-14(11-19-12-15)13-6-8-17(9-7-13)20-16-4-2-1-3-5-16/h1-12H,18H2. The molecule has 0 aliphatic heterocycles. The van der Waals surface area contributed by atoms with Crippen molar-refractivity contribution < 1.29 is 4.74 Å². The zero-order valence-corrected chi connectivity index (χ0v) is 10.9. The van der Waals surface area contributed by atoms with Crippen molar-refractivity contribution in [3.05, 3.63) is 73.1 Å². The molecule has 0 saturated heterocycles. The first-order valence-corrected chi connectivity index (χ1v) is 6.35. The Bertz CT molecular complexity index is 694. The average Bonchev–Trinajstić information content (AvgIpc) is 2.49. The number of para-hydroxylation sites is 1. The molecule has 0 aliphatic rings. The molecule has 0 saturated carbocycles. The topological polar surface area (TPSA) is 48.1 Å². The van der Waals surface area contributed by atoms with Gasteiger partial charge in [0.2, 0.25) is 0 Å². The van der Waals surface area contributed by atoms with E-state index in [1.54, 1.807) is 12.4 Å². The Morgan fingerprint density at radius 2 is 1.45 bits per heavy atom. The Hall–Kier alpha value is -2.81. The maximum Gasteiger partial charge on any atom is 0.127 e. The largest absolute Gasteiger partial charge is 0.457 e. The molecule has 1 heterocycles. The molecule has 0 unspecified atom stereocenters. The minimum absolute atomic E-state index is 0.659. The van der Waals surface area contributed by atoms with Crippen LogP contribution in [0.3, 0.4) is 0 Å². The van der Waals surface area contributed by atoms with E-state index in [-0.39, 0.29) is 0 Å². The third-order valence-corrected chi connectivity index (χ3v) is 2.93. The maximum absolute atomic E-state index is 5.75. The molecule has 0 bridgehead atoms. The monoisotopic (exact) mass is 262 g/mol. The summed E-state index contributed by atoms with van der Waals surface area (Å²) in [6, 6.07) is 19.5. The second-order valence-corrected chi connectivity index (χ2v) is 4.45. The second-order valence-electron chi connectivity index (χ2n) is 4.45. The quantitative estimate of drug-likeness (QED) is 0.772. The molecule has 0 radical (unpaired) electrons. The average molecular weight is 262 g/mol. The van der Waals surface area contributed by atoms with E-state index in [4.69, 9.17) is 10.5 Å². The molecule has 98 valence electrons. The summed E-state index contributed by atoms with van der Waals surface area (Å²) >= 11 is 0. The molecule has 0 atom stereocenters. The van der Waals surface area contributed by atoms with Gasteiger partial charge in [-0.3, -0.25) is 4.98 Å². The number of pyridine rings is 1. The lowest BCUT2D eigenvalue weighted by atomic mass is 10.1. The Morgan fingerprint density at radius 3 is 2.15 bits per heavy atom. The molecule has 3 aromatic rings. The van der Waals surface area contributed by atoms with Gasteiger partial charge in [0, 0.05) is 18.0 Å². The predicted octanol–water partition coefficient (Wildman–Crippen LogP) is 4.12. The first kappa shape index (κ1) is 12.2. The lowest BCUT2D eigenvalue weighted by Gasteiger charge is -2.07. The van der Waals surface area contributed by atoms with Crippen LogP contribution in [0.5, 0.6) is 11.5 Å². The Labute approximate surface area is 117 Å². The van der Waals surface area contributed by atoms with Gasteiger partial charge in [-0.05, 0) is 35.9 Å². The molecule has 0 fully saturated rings. The molecular weight excluding hydrogens is 248 g/mol. The molecule has 0 aliphatic carbocycles. The fraction of sp³-hybridized carbons (Fsp3) is 0. The number of hydrogen-bond donors (Lipinski definition) is 1. The summed E-state index contributed by atoms with van der Waals surface area (Å²) in [5.74, 6) is 1.63.